The Morgan fingerprint density at radius 3 is 2.65 bits per heavy atom. The number of aromatic nitrogens is 1. The molecule has 0 radical (unpaired) electrons. The normalized spacial score (nSPS) is 19.8. The van der Waals surface area contributed by atoms with Gasteiger partial charge in [-0.1, -0.05) is 6.07 Å². The van der Waals surface area contributed by atoms with E-state index < -0.39 is 17.7 Å². The van der Waals surface area contributed by atoms with Gasteiger partial charge in [0.15, 0.2) is 11.5 Å². The molecular formula is C23H25N3O5. The van der Waals surface area contributed by atoms with Crippen LogP contribution in [0.2, 0.25) is 0 Å². The van der Waals surface area contributed by atoms with Crippen molar-refractivity contribution in [2.75, 3.05) is 40.4 Å². The van der Waals surface area contributed by atoms with Crippen molar-refractivity contribution in [1.82, 2.24) is 14.8 Å². The van der Waals surface area contributed by atoms with Crippen LogP contribution in [0.25, 0.3) is 5.76 Å². The highest BCUT2D eigenvalue weighted by Gasteiger charge is 2.46. The van der Waals surface area contributed by atoms with Crippen LogP contribution >= 0.6 is 0 Å². The number of benzene rings is 1. The number of pyridine rings is 1. The molecule has 3 heterocycles. The molecule has 31 heavy (non-hydrogen) atoms. The minimum Gasteiger partial charge on any atom is -0.507 e. The lowest BCUT2D eigenvalue weighted by Crippen LogP contribution is -2.32. The second kappa shape index (κ2) is 8.77. The number of amides is 1. The molecule has 4 rings (SSSR count). The van der Waals surface area contributed by atoms with Crippen molar-refractivity contribution in [2.24, 2.45) is 0 Å². The summed E-state index contributed by atoms with van der Waals surface area (Å²) in [7, 11) is 3.90. The number of rotatable bonds is 6. The van der Waals surface area contributed by atoms with E-state index in [1.165, 1.54) is 4.90 Å². The van der Waals surface area contributed by atoms with Crippen LogP contribution in [-0.2, 0) is 9.59 Å². The summed E-state index contributed by atoms with van der Waals surface area (Å²) in [5.74, 6) is -0.527. The molecule has 162 valence electrons. The molecular weight excluding hydrogens is 398 g/mol. The molecule has 1 aromatic carbocycles. The first-order chi connectivity index (χ1) is 15.0. The van der Waals surface area contributed by atoms with Crippen molar-refractivity contribution in [2.45, 2.75) is 12.5 Å². The molecule has 1 amide bonds. The van der Waals surface area contributed by atoms with E-state index in [0.717, 1.165) is 6.54 Å². The van der Waals surface area contributed by atoms with E-state index in [4.69, 9.17) is 9.47 Å². The summed E-state index contributed by atoms with van der Waals surface area (Å²) < 4.78 is 11.1. The SMILES string of the molecule is CN(C)CCCN1C(=O)C(=O)/C(=C(\O)c2ccc3c(c2)OCCO3)C1c1ccccn1. The van der Waals surface area contributed by atoms with Gasteiger partial charge in [-0.15, -0.1) is 0 Å². The van der Waals surface area contributed by atoms with Gasteiger partial charge in [0.2, 0.25) is 0 Å². The number of carbonyl (C=O) groups excluding carboxylic acids is 2. The molecule has 0 bridgehead atoms. The van der Waals surface area contributed by atoms with Gasteiger partial charge >= 0.3 is 0 Å². The number of Topliss-reactive ketones (excluding diaryl/α,β-unsaturated/α-hetero) is 1. The Hall–Kier alpha value is -3.39. The standard InChI is InChI=1S/C23H25N3O5/c1-25(2)10-5-11-26-20(16-6-3-4-9-24-16)19(22(28)23(26)29)21(27)15-7-8-17-18(14-15)31-13-12-30-17/h3-4,6-9,14,20,27H,5,10-13H2,1-2H3/b21-19-. The minimum absolute atomic E-state index is 0.0326. The summed E-state index contributed by atoms with van der Waals surface area (Å²) in [5.41, 5.74) is 0.951. The van der Waals surface area contributed by atoms with Gasteiger partial charge in [-0.05, 0) is 57.4 Å². The number of aliphatic hydroxyl groups is 1. The van der Waals surface area contributed by atoms with E-state index in [0.29, 0.717) is 48.9 Å². The van der Waals surface area contributed by atoms with Gasteiger partial charge in [0.1, 0.15) is 25.0 Å². The summed E-state index contributed by atoms with van der Waals surface area (Å²) in [6.45, 7) is 2.00. The quantitative estimate of drug-likeness (QED) is 0.433. The van der Waals surface area contributed by atoms with Crippen molar-refractivity contribution in [3.05, 3.63) is 59.4 Å². The summed E-state index contributed by atoms with van der Waals surface area (Å²) in [4.78, 5) is 33.8. The molecule has 1 fully saturated rings. The molecule has 2 aliphatic heterocycles. The number of aliphatic hydroxyl groups excluding tert-OH is 1. The highest BCUT2D eigenvalue weighted by Crippen LogP contribution is 2.40. The maximum absolute atomic E-state index is 13.0. The Bertz CT molecular complexity index is 1020. The molecule has 1 saturated heterocycles. The van der Waals surface area contributed by atoms with Gasteiger partial charge in [-0.25, -0.2) is 0 Å². The monoisotopic (exact) mass is 423 g/mol. The van der Waals surface area contributed by atoms with Gasteiger partial charge in [-0.2, -0.15) is 0 Å². The fourth-order valence-corrected chi connectivity index (χ4v) is 3.86. The number of ketones is 1. The Labute approximate surface area is 180 Å². The van der Waals surface area contributed by atoms with Gasteiger partial charge in [0.25, 0.3) is 11.7 Å². The van der Waals surface area contributed by atoms with E-state index in [2.05, 4.69) is 4.98 Å². The third kappa shape index (κ3) is 4.11. The van der Waals surface area contributed by atoms with Crippen molar-refractivity contribution >= 4 is 17.4 Å². The highest BCUT2D eigenvalue weighted by molar-refractivity contribution is 6.46. The molecule has 2 aromatic rings. The van der Waals surface area contributed by atoms with E-state index in [1.807, 2.05) is 19.0 Å². The summed E-state index contributed by atoms with van der Waals surface area (Å²) in [6.07, 6.45) is 2.30. The number of hydrogen-bond donors (Lipinski definition) is 1. The number of fused-ring (bicyclic) bond motifs is 1. The number of ether oxygens (including phenoxy) is 2. The van der Waals surface area contributed by atoms with Crippen LogP contribution in [0.5, 0.6) is 11.5 Å². The van der Waals surface area contributed by atoms with Crippen LogP contribution in [0.4, 0.5) is 0 Å². The second-order valence-electron chi connectivity index (χ2n) is 7.76. The van der Waals surface area contributed by atoms with E-state index in [9.17, 15) is 14.7 Å². The Morgan fingerprint density at radius 1 is 1.16 bits per heavy atom. The van der Waals surface area contributed by atoms with Crippen molar-refractivity contribution in [3.63, 3.8) is 0 Å². The smallest absolute Gasteiger partial charge is 0.295 e. The zero-order chi connectivity index (χ0) is 22.0. The zero-order valence-corrected chi connectivity index (χ0v) is 17.6. The molecule has 8 heteroatoms. The maximum Gasteiger partial charge on any atom is 0.295 e. The van der Waals surface area contributed by atoms with Crippen molar-refractivity contribution in [1.29, 1.82) is 0 Å². The molecule has 0 spiro atoms. The lowest BCUT2D eigenvalue weighted by atomic mass is 9.98. The minimum atomic E-state index is -0.753. The third-order valence-electron chi connectivity index (χ3n) is 5.33. The molecule has 0 aliphatic carbocycles. The molecule has 1 unspecified atom stereocenters. The molecule has 8 nitrogen and oxygen atoms in total. The zero-order valence-electron chi connectivity index (χ0n) is 17.6. The third-order valence-corrected chi connectivity index (χ3v) is 5.33. The van der Waals surface area contributed by atoms with Crippen LogP contribution < -0.4 is 9.47 Å². The Morgan fingerprint density at radius 2 is 1.94 bits per heavy atom. The summed E-state index contributed by atoms with van der Waals surface area (Å²) >= 11 is 0. The molecule has 1 aromatic heterocycles. The fraction of sp³-hybridized carbons (Fsp3) is 0.348. The van der Waals surface area contributed by atoms with Crippen LogP contribution in [0, 0.1) is 0 Å². The number of hydrogen-bond acceptors (Lipinski definition) is 7. The molecule has 2 aliphatic rings. The van der Waals surface area contributed by atoms with Crippen LogP contribution in [0.15, 0.2) is 48.2 Å². The van der Waals surface area contributed by atoms with Gasteiger partial charge in [-0.3, -0.25) is 14.6 Å². The van der Waals surface area contributed by atoms with Gasteiger partial charge in [0, 0.05) is 18.3 Å². The van der Waals surface area contributed by atoms with Gasteiger partial charge < -0.3 is 24.4 Å². The first-order valence-electron chi connectivity index (χ1n) is 10.2. The lowest BCUT2D eigenvalue weighted by Gasteiger charge is -2.25. The highest BCUT2D eigenvalue weighted by atomic mass is 16.6. The molecule has 0 saturated carbocycles. The first-order valence-corrected chi connectivity index (χ1v) is 10.2. The summed E-state index contributed by atoms with van der Waals surface area (Å²) in [6, 6.07) is 9.53. The van der Waals surface area contributed by atoms with Gasteiger partial charge in [0.05, 0.1) is 11.3 Å². The van der Waals surface area contributed by atoms with Crippen molar-refractivity contribution < 1.29 is 24.2 Å². The maximum atomic E-state index is 13.0. The molecule has 1 atom stereocenters. The molecule has 1 N–H and O–H groups in total. The topological polar surface area (TPSA) is 92.2 Å². The van der Waals surface area contributed by atoms with E-state index in [-0.39, 0.29) is 11.3 Å². The van der Waals surface area contributed by atoms with Crippen LogP contribution in [-0.4, -0.2) is 72.0 Å². The van der Waals surface area contributed by atoms with Crippen molar-refractivity contribution in [3.8, 4) is 11.5 Å². The first kappa shape index (κ1) is 20.9. The van der Waals surface area contributed by atoms with E-state index in [1.54, 1.807) is 42.6 Å². The Kier molecular flexibility index (Phi) is 5.90. The van der Waals surface area contributed by atoms with E-state index >= 15 is 0 Å². The largest absolute Gasteiger partial charge is 0.507 e. The second-order valence-corrected chi connectivity index (χ2v) is 7.76. The Balaban J connectivity index is 1.76. The number of carbonyl (C=O) groups is 2. The number of nitrogens with zero attached hydrogens (tertiary/aromatic N) is 3. The van der Waals surface area contributed by atoms with Crippen LogP contribution in [0.3, 0.4) is 0 Å². The number of likely N-dealkylation sites (tertiary alicyclic amines) is 1. The lowest BCUT2D eigenvalue weighted by molar-refractivity contribution is -0.140. The average Bonchev–Trinajstić information content (AvgIpc) is 3.03. The predicted molar refractivity (Wildman–Crippen MR) is 114 cm³/mol. The fourth-order valence-electron chi connectivity index (χ4n) is 3.86. The van der Waals surface area contributed by atoms with Crippen LogP contribution in [0.1, 0.15) is 23.7 Å². The average molecular weight is 423 g/mol. The predicted octanol–water partition coefficient (Wildman–Crippen LogP) is 2.23. The summed E-state index contributed by atoms with van der Waals surface area (Å²) in [5, 5.41) is 11.1.